The van der Waals surface area contributed by atoms with Gasteiger partial charge in [-0.1, -0.05) is 51.0 Å². The fraction of sp³-hybridized carbons (Fsp3) is 0.464. The van der Waals surface area contributed by atoms with Crippen molar-refractivity contribution in [1.82, 2.24) is 0 Å². The number of unbranched alkanes of at least 4 members (excludes halogenated alkanes) is 3. The first-order valence-electron chi connectivity index (χ1n) is 11.9. The molecule has 0 aromatic heterocycles. The molecule has 34 heavy (non-hydrogen) atoms. The molecule has 0 bridgehead atoms. The summed E-state index contributed by atoms with van der Waals surface area (Å²) in [7, 11) is 1.51. The summed E-state index contributed by atoms with van der Waals surface area (Å²) in [5, 5.41) is 31.2. The van der Waals surface area contributed by atoms with E-state index in [1.54, 1.807) is 12.1 Å². The molecule has 2 rings (SSSR count). The zero-order valence-electron chi connectivity index (χ0n) is 20.6. The minimum atomic E-state index is -1.25. The molecular weight excluding hydrogens is 432 g/mol. The standard InChI is InChI=1S/C28H36O6/c1-5-8-10-13-20-16-21(29)14-11-15-24(30)27(20)34-25-18-22(33-4)17-23(26(25)28(31)32)19(7-3)12-9-6-2/h7,16-18,24,29-30H,5-6,8-10,12-14H2,1-4H3,(H,31,32)/b19-7+,21-16+,27-20+. The Kier molecular flexibility index (Phi) is 10.8. The third-order valence-corrected chi connectivity index (χ3v) is 5.70. The van der Waals surface area contributed by atoms with Gasteiger partial charge in [-0.15, -0.1) is 0 Å². The maximum atomic E-state index is 12.4. The highest BCUT2D eigenvalue weighted by molar-refractivity contribution is 5.97. The van der Waals surface area contributed by atoms with Gasteiger partial charge in [-0.2, -0.15) is 0 Å². The van der Waals surface area contributed by atoms with Crippen LogP contribution in [0.2, 0.25) is 0 Å². The topological polar surface area (TPSA) is 96.2 Å². The molecule has 0 amide bonds. The van der Waals surface area contributed by atoms with Gasteiger partial charge >= 0.3 is 5.97 Å². The number of rotatable bonds is 12. The quantitative estimate of drug-likeness (QED) is 0.242. The van der Waals surface area contributed by atoms with Crippen molar-refractivity contribution in [3.8, 4) is 23.3 Å². The van der Waals surface area contributed by atoms with Crippen LogP contribution in [0, 0.1) is 11.8 Å². The number of aliphatic hydroxyl groups is 2. The van der Waals surface area contributed by atoms with E-state index >= 15 is 0 Å². The molecule has 0 aliphatic heterocycles. The number of ether oxygens (including phenoxy) is 2. The van der Waals surface area contributed by atoms with Crippen LogP contribution in [-0.4, -0.2) is 34.5 Å². The van der Waals surface area contributed by atoms with Crippen LogP contribution in [0.25, 0.3) is 5.57 Å². The van der Waals surface area contributed by atoms with Crippen molar-refractivity contribution in [2.45, 2.75) is 78.2 Å². The van der Waals surface area contributed by atoms with Gasteiger partial charge in [-0.25, -0.2) is 4.79 Å². The summed E-state index contributed by atoms with van der Waals surface area (Å²) in [6, 6.07) is 3.22. The molecule has 1 aromatic rings. The lowest BCUT2D eigenvalue weighted by molar-refractivity contribution is 0.0692. The lowest BCUT2D eigenvalue weighted by Crippen LogP contribution is -2.18. The van der Waals surface area contributed by atoms with Crippen LogP contribution in [0.1, 0.15) is 88.1 Å². The van der Waals surface area contributed by atoms with E-state index in [1.807, 2.05) is 13.0 Å². The van der Waals surface area contributed by atoms with E-state index in [0.717, 1.165) is 44.1 Å². The molecular formula is C28H36O6. The van der Waals surface area contributed by atoms with Gasteiger partial charge in [0.05, 0.1) is 13.5 Å². The molecule has 0 heterocycles. The van der Waals surface area contributed by atoms with Crippen molar-refractivity contribution >= 4 is 11.5 Å². The van der Waals surface area contributed by atoms with Gasteiger partial charge in [-0.3, -0.25) is 0 Å². The predicted molar refractivity (Wildman–Crippen MR) is 134 cm³/mol. The number of hydrogen-bond acceptors (Lipinski definition) is 5. The lowest BCUT2D eigenvalue weighted by atomic mass is 9.94. The molecule has 0 saturated heterocycles. The van der Waals surface area contributed by atoms with Crippen molar-refractivity contribution in [1.29, 1.82) is 0 Å². The highest BCUT2D eigenvalue weighted by atomic mass is 16.5. The van der Waals surface area contributed by atoms with Gasteiger partial charge in [0.1, 0.15) is 28.6 Å². The minimum absolute atomic E-state index is 0.000770. The average molecular weight is 469 g/mol. The number of carboxylic acid groups (broad SMARTS) is 1. The van der Waals surface area contributed by atoms with Crippen LogP contribution < -0.4 is 9.47 Å². The minimum Gasteiger partial charge on any atom is -0.511 e. The second-order valence-corrected chi connectivity index (χ2v) is 8.26. The first kappa shape index (κ1) is 27.1. The number of aromatic carboxylic acids is 1. The first-order valence-corrected chi connectivity index (χ1v) is 11.9. The predicted octanol–water partition coefficient (Wildman–Crippen LogP) is 6.41. The van der Waals surface area contributed by atoms with Gasteiger partial charge in [0.15, 0.2) is 6.10 Å². The van der Waals surface area contributed by atoms with E-state index in [4.69, 9.17) is 9.47 Å². The number of benzene rings is 1. The molecule has 0 fully saturated rings. The Bertz CT molecular complexity index is 1020. The van der Waals surface area contributed by atoms with Gasteiger partial charge in [0, 0.05) is 6.07 Å². The fourth-order valence-electron chi connectivity index (χ4n) is 3.87. The third-order valence-electron chi connectivity index (χ3n) is 5.70. The van der Waals surface area contributed by atoms with E-state index in [2.05, 4.69) is 25.7 Å². The fourth-order valence-corrected chi connectivity index (χ4v) is 3.87. The van der Waals surface area contributed by atoms with Crippen LogP contribution in [0.5, 0.6) is 11.5 Å². The van der Waals surface area contributed by atoms with Crippen molar-refractivity contribution in [3.05, 3.63) is 52.5 Å². The van der Waals surface area contributed by atoms with Crippen molar-refractivity contribution in [3.63, 3.8) is 0 Å². The molecule has 1 aliphatic carbocycles. The largest absolute Gasteiger partial charge is 0.511 e. The van der Waals surface area contributed by atoms with E-state index in [1.165, 1.54) is 13.2 Å². The van der Waals surface area contributed by atoms with Crippen LogP contribution in [-0.2, 0) is 0 Å². The van der Waals surface area contributed by atoms with Crippen LogP contribution in [0.15, 0.2) is 41.4 Å². The normalized spacial score (nSPS) is 19.9. The van der Waals surface area contributed by atoms with Crippen LogP contribution in [0.4, 0.5) is 0 Å². The molecule has 3 N–H and O–H groups in total. The number of aliphatic hydroxyl groups excluding tert-OH is 2. The number of carbonyl (C=O) groups is 1. The maximum absolute atomic E-state index is 12.4. The SMILES string of the molecule is C/C=C(\CCCC)c1cc(OC)cc(O/C2=C(CCCCC)/C=C(/O)CC#CC2O)c1C(=O)O. The summed E-state index contributed by atoms with van der Waals surface area (Å²) >= 11 is 0. The number of allylic oxidation sites excluding steroid dienone is 5. The zero-order valence-corrected chi connectivity index (χ0v) is 20.6. The van der Waals surface area contributed by atoms with Gasteiger partial charge in [0.25, 0.3) is 0 Å². The summed E-state index contributed by atoms with van der Waals surface area (Å²) < 4.78 is 11.6. The molecule has 0 saturated carbocycles. The molecule has 6 heteroatoms. The molecule has 0 spiro atoms. The second kappa shape index (κ2) is 13.5. The highest BCUT2D eigenvalue weighted by Crippen LogP contribution is 2.37. The number of hydrogen-bond donors (Lipinski definition) is 3. The third kappa shape index (κ3) is 7.16. The summed E-state index contributed by atoms with van der Waals surface area (Å²) in [5.74, 6) is 5.00. The Morgan fingerprint density at radius 3 is 2.56 bits per heavy atom. The van der Waals surface area contributed by atoms with Crippen LogP contribution in [0.3, 0.4) is 0 Å². The van der Waals surface area contributed by atoms with Crippen molar-refractivity contribution < 1.29 is 29.6 Å². The van der Waals surface area contributed by atoms with Gasteiger partial charge in [0.2, 0.25) is 0 Å². The van der Waals surface area contributed by atoms with Gasteiger partial charge < -0.3 is 24.8 Å². The number of methoxy groups -OCH3 is 1. The Morgan fingerprint density at radius 1 is 1.21 bits per heavy atom. The average Bonchev–Trinajstić information content (AvgIpc) is 2.81. The smallest absolute Gasteiger partial charge is 0.340 e. The van der Waals surface area contributed by atoms with Crippen LogP contribution >= 0.6 is 0 Å². The summed E-state index contributed by atoms with van der Waals surface area (Å²) in [5.41, 5.74) is 2.01. The van der Waals surface area contributed by atoms with E-state index in [0.29, 0.717) is 23.3 Å². The summed E-state index contributed by atoms with van der Waals surface area (Å²) in [6.07, 6.45) is 8.34. The monoisotopic (exact) mass is 468 g/mol. The number of carboxylic acids is 1. The molecule has 1 unspecified atom stereocenters. The molecule has 1 atom stereocenters. The lowest BCUT2D eigenvalue weighted by Gasteiger charge is -2.21. The molecule has 1 aromatic carbocycles. The Morgan fingerprint density at radius 2 is 1.94 bits per heavy atom. The molecule has 184 valence electrons. The summed E-state index contributed by atoms with van der Waals surface area (Å²) in [4.78, 5) is 12.4. The van der Waals surface area contributed by atoms with Crippen molar-refractivity contribution in [2.24, 2.45) is 0 Å². The molecule has 6 nitrogen and oxygen atoms in total. The Hall–Kier alpha value is -3.17. The first-order chi connectivity index (χ1) is 16.4. The van der Waals surface area contributed by atoms with Crippen molar-refractivity contribution in [2.75, 3.05) is 7.11 Å². The molecule has 1 aliphatic rings. The van der Waals surface area contributed by atoms with E-state index in [9.17, 15) is 20.1 Å². The maximum Gasteiger partial charge on any atom is 0.340 e. The summed E-state index contributed by atoms with van der Waals surface area (Å²) in [6.45, 7) is 6.05. The molecule has 0 radical (unpaired) electrons. The Labute approximate surface area is 202 Å². The zero-order chi connectivity index (χ0) is 25.1. The van der Waals surface area contributed by atoms with Gasteiger partial charge in [-0.05, 0) is 61.5 Å². The van der Waals surface area contributed by atoms with E-state index in [-0.39, 0.29) is 29.3 Å². The highest BCUT2D eigenvalue weighted by Gasteiger charge is 2.25. The second-order valence-electron chi connectivity index (χ2n) is 8.26. The van der Waals surface area contributed by atoms with E-state index < -0.39 is 12.1 Å². The Balaban J connectivity index is 2.69.